The highest BCUT2D eigenvalue weighted by Crippen LogP contribution is 2.28. The van der Waals surface area contributed by atoms with Crippen molar-refractivity contribution < 1.29 is 4.42 Å². The summed E-state index contributed by atoms with van der Waals surface area (Å²) < 4.78 is 5.87. The third-order valence-electron chi connectivity index (χ3n) is 4.66. The first-order valence-corrected chi connectivity index (χ1v) is 8.51. The second-order valence-electron chi connectivity index (χ2n) is 6.51. The molecule has 1 aliphatic carbocycles. The molecule has 4 nitrogen and oxygen atoms in total. The standard InChI is InChI=1S/C17H29N3O/c1-3-6-18-12-17-11-15(14(2)21-17)13-19-7-9-20(10-8-19)16-4-5-16/h11,16,18H,3-10,12-13H2,1-2H3. The van der Waals surface area contributed by atoms with E-state index in [2.05, 4.69) is 35.0 Å². The maximum Gasteiger partial charge on any atom is 0.118 e. The van der Waals surface area contributed by atoms with Crippen molar-refractivity contribution in [2.75, 3.05) is 32.7 Å². The van der Waals surface area contributed by atoms with Gasteiger partial charge in [-0.25, -0.2) is 0 Å². The molecule has 118 valence electrons. The van der Waals surface area contributed by atoms with E-state index in [1.807, 2.05) is 0 Å². The van der Waals surface area contributed by atoms with Crippen LogP contribution in [0.15, 0.2) is 10.5 Å². The van der Waals surface area contributed by atoms with E-state index in [1.54, 1.807) is 0 Å². The lowest BCUT2D eigenvalue weighted by Crippen LogP contribution is -2.46. The summed E-state index contributed by atoms with van der Waals surface area (Å²) in [5.41, 5.74) is 1.36. The maximum absolute atomic E-state index is 5.87. The summed E-state index contributed by atoms with van der Waals surface area (Å²) in [6.45, 7) is 12.1. The van der Waals surface area contributed by atoms with Crippen molar-refractivity contribution >= 4 is 0 Å². The average molecular weight is 291 g/mol. The zero-order valence-electron chi connectivity index (χ0n) is 13.5. The van der Waals surface area contributed by atoms with Crippen molar-refractivity contribution in [3.05, 3.63) is 23.2 Å². The maximum atomic E-state index is 5.87. The summed E-state index contributed by atoms with van der Waals surface area (Å²) in [5.74, 6) is 2.17. The molecule has 2 heterocycles. The Bertz CT molecular complexity index is 445. The molecule has 1 aliphatic heterocycles. The number of nitrogens with one attached hydrogen (secondary N) is 1. The van der Waals surface area contributed by atoms with Crippen LogP contribution >= 0.6 is 0 Å². The van der Waals surface area contributed by atoms with E-state index in [0.717, 1.165) is 43.6 Å². The van der Waals surface area contributed by atoms with Crippen LogP contribution in [-0.2, 0) is 13.1 Å². The normalized spacial score (nSPS) is 21.0. The molecule has 1 N–H and O–H groups in total. The van der Waals surface area contributed by atoms with Gasteiger partial charge < -0.3 is 9.73 Å². The number of piperazine rings is 1. The van der Waals surface area contributed by atoms with Crippen LogP contribution in [0, 0.1) is 6.92 Å². The first-order chi connectivity index (χ1) is 10.3. The van der Waals surface area contributed by atoms with Gasteiger partial charge in [-0.15, -0.1) is 0 Å². The summed E-state index contributed by atoms with van der Waals surface area (Å²) in [4.78, 5) is 5.23. The topological polar surface area (TPSA) is 31.6 Å². The summed E-state index contributed by atoms with van der Waals surface area (Å²) >= 11 is 0. The smallest absolute Gasteiger partial charge is 0.118 e. The van der Waals surface area contributed by atoms with Crippen molar-refractivity contribution in [1.82, 2.24) is 15.1 Å². The van der Waals surface area contributed by atoms with Crippen molar-refractivity contribution in [1.29, 1.82) is 0 Å². The SMILES string of the molecule is CCCNCc1cc(CN2CCN(C3CC3)CC2)c(C)o1. The molecule has 1 aromatic rings. The lowest BCUT2D eigenvalue weighted by Gasteiger charge is -2.34. The Hall–Kier alpha value is -0.840. The van der Waals surface area contributed by atoms with Crippen molar-refractivity contribution in [3.63, 3.8) is 0 Å². The second kappa shape index (κ2) is 6.95. The zero-order chi connectivity index (χ0) is 14.7. The Balaban J connectivity index is 1.48. The highest BCUT2D eigenvalue weighted by molar-refractivity contribution is 5.20. The van der Waals surface area contributed by atoms with Crippen LogP contribution in [0.2, 0.25) is 0 Å². The minimum Gasteiger partial charge on any atom is -0.465 e. The number of rotatable bonds is 7. The van der Waals surface area contributed by atoms with Gasteiger partial charge in [0.2, 0.25) is 0 Å². The molecule has 0 atom stereocenters. The van der Waals surface area contributed by atoms with Gasteiger partial charge in [0, 0.05) is 44.3 Å². The van der Waals surface area contributed by atoms with Gasteiger partial charge in [-0.3, -0.25) is 9.80 Å². The van der Waals surface area contributed by atoms with Crippen LogP contribution < -0.4 is 5.32 Å². The molecule has 0 bridgehead atoms. The van der Waals surface area contributed by atoms with Gasteiger partial charge in [-0.1, -0.05) is 6.92 Å². The van der Waals surface area contributed by atoms with Gasteiger partial charge in [0.25, 0.3) is 0 Å². The van der Waals surface area contributed by atoms with Crippen LogP contribution in [0.4, 0.5) is 0 Å². The van der Waals surface area contributed by atoms with Crippen LogP contribution in [0.25, 0.3) is 0 Å². The van der Waals surface area contributed by atoms with Crippen LogP contribution in [0.5, 0.6) is 0 Å². The molecule has 1 saturated carbocycles. The van der Waals surface area contributed by atoms with E-state index in [1.165, 1.54) is 44.6 Å². The minimum absolute atomic E-state index is 0.851. The van der Waals surface area contributed by atoms with E-state index in [-0.39, 0.29) is 0 Å². The zero-order valence-corrected chi connectivity index (χ0v) is 13.5. The number of hydrogen-bond acceptors (Lipinski definition) is 4. The minimum atomic E-state index is 0.851. The monoisotopic (exact) mass is 291 g/mol. The molecular weight excluding hydrogens is 262 g/mol. The van der Waals surface area contributed by atoms with Crippen LogP contribution in [0.1, 0.15) is 43.3 Å². The average Bonchev–Trinajstić information content (AvgIpc) is 3.27. The lowest BCUT2D eigenvalue weighted by atomic mass is 10.2. The molecule has 3 rings (SSSR count). The summed E-state index contributed by atoms with van der Waals surface area (Å²) in [5, 5.41) is 3.41. The molecular formula is C17H29N3O. The first-order valence-electron chi connectivity index (χ1n) is 8.51. The number of aryl methyl sites for hydroxylation is 1. The van der Waals surface area contributed by atoms with Gasteiger partial charge in [0.1, 0.15) is 11.5 Å². The molecule has 2 aliphatic rings. The van der Waals surface area contributed by atoms with Gasteiger partial charge in [0.15, 0.2) is 0 Å². The summed E-state index contributed by atoms with van der Waals surface area (Å²) in [6, 6.07) is 3.16. The van der Waals surface area contributed by atoms with E-state index in [0.29, 0.717) is 0 Å². The van der Waals surface area contributed by atoms with E-state index in [4.69, 9.17) is 4.42 Å². The van der Waals surface area contributed by atoms with Crippen LogP contribution in [-0.4, -0.2) is 48.6 Å². The Labute approximate surface area is 128 Å². The third kappa shape index (κ3) is 4.09. The van der Waals surface area contributed by atoms with Gasteiger partial charge in [-0.2, -0.15) is 0 Å². The molecule has 1 saturated heterocycles. The van der Waals surface area contributed by atoms with Crippen molar-refractivity contribution in [3.8, 4) is 0 Å². The molecule has 0 amide bonds. The Morgan fingerprint density at radius 2 is 2.00 bits per heavy atom. The number of furan rings is 1. The summed E-state index contributed by atoms with van der Waals surface area (Å²) in [7, 11) is 0. The lowest BCUT2D eigenvalue weighted by molar-refractivity contribution is 0.121. The molecule has 0 aromatic carbocycles. The Morgan fingerprint density at radius 3 is 2.67 bits per heavy atom. The molecule has 0 unspecified atom stereocenters. The molecule has 4 heteroatoms. The molecule has 0 radical (unpaired) electrons. The van der Waals surface area contributed by atoms with Gasteiger partial charge in [-0.05, 0) is 38.8 Å². The first kappa shape index (κ1) is 15.1. The van der Waals surface area contributed by atoms with Crippen molar-refractivity contribution in [2.24, 2.45) is 0 Å². The van der Waals surface area contributed by atoms with Crippen LogP contribution in [0.3, 0.4) is 0 Å². The highest BCUT2D eigenvalue weighted by atomic mass is 16.3. The van der Waals surface area contributed by atoms with Gasteiger partial charge >= 0.3 is 0 Å². The number of nitrogens with zero attached hydrogens (tertiary/aromatic N) is 2. The predicted octanol–water partition coefficient (Wildman–Crippen LogP) is 2.37. The third-order valence-corrected chi connectivity index (χ3v) is 4.66. The molecule has 1 aromatic heterocycles. The quantitative estimate of drug-likeness (QED) is 0.782. The summed E-state index contributed by atoms with van der Waals surface area (Å²) in [6.07, 6.45) is 4.02. The van der Waals surface area contributed by atoms with E-state index in [9.17, 15) is 0 Å². The molecule has 2 fully saturated rings. The fourth-order valence-corrected chi connectivity index (χ4v) is 3.19. The number of hydrogen-bond donors (Lipinski definition) is 1. The second-order valence-corrected chi connectivity index (χ2v) is 6.51. The highest BCUT2D eigenvalue weighted by Gasteiger charge is 2.31. The largest absolute Gasteiger partial charge is 0.465 e. The predicted molar refractivity (Wildman–Crippen MR) is 85.3 cm³/mol. The Kier molecular flexibility index (Phi) is 4.99. The Morgan fingerprint density at radius 1 is 1.24 bits per heavy atom. The fourth-order valence-electron chi connectivity index (χ4n) is 3.19. The molecule has 0 spiro atoms. The van der Waals surface area contributed by atoms with Crippen molar-refractivity contribution in [2.45, 2.75) is 52.2 Å². The fraction of sp³-hybridized carbons (Fsp3) is 0.765. The molecule has 21 heavy (non-hydrogen) atoms. The van der Waals surface area contributed by atoms with E-state index < -0.39 is 0 Å². The van der Waals surface area contributed by atoms with E-state index >= 15 is 0 Å². The van der Waals surface area contributed by atoms with Gasteiger partial charge in [0.05, 0.1) is 6.54 Å².